The number of carbonyl (C=O) groups excluding carboxylic acids is 1. The Morgan fingerprint density at radius 1 is 1.15 bits per heavy atom. The number of carbonyl (C=O) groups is 1. The van der Waals surface area contributed by atoms with Gasteiger partial charge in [0.2, 0.25) is 0 Å². The number of amides is 2. The molecule has 2 amide bonds. The molecular weight excluding hydrogens is 362 g/mol. The third-order valence-electron chi connectivity index (χ3n) is 4.02. The number of ether oxygens (including phenoxy) is 2. The Hall–Kier alpha value is -2.48. The minimum Gasteiger partial charge on any atom is -0.493 e. The van der Waals surface area contributed by atoms with Crippen molar-refractivity contribution in [1.29, 1.82) is 0 Å². The van der Waals surface area contributed by atoms with Gasteiger partial charge in [0.25, 0.3) is 0 Å². The molecule has 1 aliphatic heterocycles. The van der Waals surface area contributed by atoms with Crippen molar-refractivity contribution in [3.63, 3.8) is 0 Å². The minimum absolute atomic E-state index is 0.0561. The molecule has 0 bridgehead atoms. The van der Waals surface area contributed by atoms with Gasteiger partial charge in [-0.05, 0) is 29.8 Å². The molecule has 0 aliphatic carbocycles. The van der Waals surface area contributed by atoms with E-state index < -0.39 is 17.7 Å². The summed E-state index contributed by atoms with van der Waals surface area (Å²) >= 11 is 1.60. The van der Waals surface area contributed by atoms with Crippen LogP contribution in [0, 0.1) is 11.6 Å². The molecular formula is C18H18F2N2O3S. The molecule has 1 N–H and O–H groups in total. The number of rotatable bonds is 4. The van der Waals surface area contributed by atoms with Crippen LogP contribution in [0.3, 0.4) is 0 Å². The number of nitrogens with one attached hydrogen (secondary N) is 1. The molecule has 1 aliphatic rings. The summed E-state index contributed by atoms with van der Waals surface area (Å²) in [5, 5.41) is 2.27. The van der Waals surface area contributed by atoms with Crippen LogP contribution in [-0.2, 0) is 0 Å². The molecule has 5 nitrogen and oxygen atoms in total. The lowest BCUT2D eigenvalue weighted by molar-refractivity contribution is 0.214. The van der Waals surface area contributed by atoms with Crippen LogP contribution in [0.2, 0.25) is 0 Å². The van der Waals surface area contributed by atoms with Crippen molar-refractivity contribution in [3.8, 4) is 11.5 Å². The van der Waals surface area contributed by atoms with E-state index in [1.165, 1.54) is 6.07 Å². The Bertz CT molecular complexity index is 819. The average molecular weight is 380 g/mol. The number of halogens is 2. The van der Waals surface area contributed by atoms with E-state index in [9.17, 15) is 13.6 Å². The van der Waals surface area contributed by atoms with Gasteiger partial charge < -0.3 is 19.7 Å². The summed E-state index contributed by atoms with van der Waals surface area (Å²) in [5.74, 6) is 0.414. The summed E-state index contributed by atoms with van der Waals surface area (Å²) in [7, 11) is 3.10. The fourth-order valence-electron chi connectivity index (χ4n) is 2.74. The molecule has 2 aromatic carbocycles. The standard InChI is InChI=1S/C18H18F2N2O3S/c1-24-15-6-3-11(9-16(15)25-2)17-22(7-8-26-17)18(23)21-14-5-4-12(19)10-13(14)20/h3-6,9-10,17H,7-8H2,1-2H3,(H,21,23). The minimum atomic E-state index is -0.812. The number of hydrogen-bond acceptors (Lipinski definition) is 4. The highest BCUT2D eigenvalue weighted by Gasteiger charge is 2.31. The highest BCUT2D eigenvalue weighted by Crippen LogP contribution is 2.41. The quantitative estimate of drug-likeness (QED) is 0.861. The topological polar surface area (TPSA) is 50.8 Å². The van der Waals surface area contributed by atoms with Crippen molar-refractivity contribution in [2.45, 2.75) is 5.37 Å². The van der Waals surface area contributed by atoms with Gasteiger partial charge in [0, 0.05) is 18.4 Å². The average Bonchev–Trinajstić information content (AvgIpc) is 3.13. The number of anilines is 1. The highest BCUT2D eigenvalue weighted by atomic mass is 32.2. The van der Waals surface area contributed by atoms with Gasteiger partial charge >= 0.3 is 6.03 Å². The molecule has 0 radical (unpaired) electrons. The van der Waals surface area contributed by atoms with Crippen LogP contribution in [-0.4, -0.2) is 37.4 Å². The van der Waals surface area contributed by atoms with Gasteiger partial charge in [-0.25, -0.2) is 13.6 Å². The van der Waals surface area contributed by atoms with Gasteiger partial charge in [-0.1, -0.05) is 6.07 Å². The SMILES string of the molecule is COc1ccc(C2SCCN2C(=O)Nc2ccc(F)cc2F)cc1OC. The molecule has 1 fully saturated rings. The molecule has 8 heteroatoms. The van der Waals surface area contributed by atoms with E-state index >= 15 is 0 Å². The molecule has 0 spiro atoms. The molecule has 138 valence electrons. The van der Waals surface area contributed by atoms with E-state index in [1.807, 2.05) is 12.1 Å². The molecule has 3 rings (SSSR count). The first-order valence-corrected chi connectivity index (χ1v) is 8.94. The van der Waals surface area contributed by atoms with Gasteiger partial charge in [0.1, 0.15) is 17.0 Å². The first kappa shape index (κ1) is 18.3. The predicted octanol–water partition coefficient (Wildman–Crippen LogP) is 4.26. The van der Waals surface area contributed by atoms with E-state index in [4.69, 9.17) is 9.47 Å². The molecule has 1 atom stereocenters. The van der Waals surface area contributed by atoms with E-state index in [-0.39, 0.29) is 11.1 Å². The number of thioether (sulfide) groups is 1. The maximum atomic E-state index is 13.8. The normalized spacial score (nSPS) is 16.5. The van der Waals surface area contributed by atoms with Crippen LogP contribution in [0.5, 0.6) is 11.5 Å². The maximum absolute atomic E-state index is 13.8. The summed E-state index contributed by atoms with van der Waals surface area (Å²) < 4.78 is 37.4. The third-order valence-corrected chi connectivity index (χ3v) is 5.28. The van der Waals surface area contributed by atoms with Crippen molar-refractivity contribution < 1.29 is 23.0 Å². The smallest absolute Gasteiger partial charge is 0.323 e. The van der Waals surface area contributed by atoms with Crippen molar-refractivity contribution in [2.75, 3.05) is 31.8 Å². The Morgan fingerprint density at radius 2 is 1.92 bits per heavy atom. The number of benzene rings is 2. The van der Waals surface area contributed by atoms with Crippen LogP contribution in [0.15, 0.2) is 36.4 Å². The van der Waals surface area contributed by atoms with Crippen LogP contribution in [0.1, 0.15) is 10.9 Å². The lowest BCUT2D eigenvalue weighted by Crippen LogP contribution is -2.34. The fourth-order valence-corrected chi connectivity index (χ4v) is 3.98. The zero-order valence-electron chi connectivity index (χ0n) is 14.3. The largest absolute Gasteiger partial charge is 0.493 e. The second-order valence-corrected chi connectivity index (χ2v) is 6.77. The van der Waals surface area contributed by atoms with Gasteiger partial charge in [-0.15, -0.1) is 11.8 Å². The highest BCUT2D eigenvalue weighted by molar-refractivity contribution is 7.99. The zero-order valence-corrected chi connectivity index (χ0v) is 15.1. The Morgan fingerprint density at radius 3 is 2.62 bits per heavy atom. The summed E-state index contributed by atoms with van der Waals surface area (Å²) in [6.45, 7) is 0.512. The molecule has 0 saturated carbocycles. The monoisotopic (exact) mass is 380 g/mol. The number of urea groups is 1. The van der Waals surface area contributed by atoms with Crippen molar-refractivity contribution in [2.24, 2.45) is 0 Å². The van der Waals surface area contributed by atoms with E-state index in [2.05, 4.69) is 5.32 Å². The second-order valence-electron chi connectivity index (χ2n) is 5.59. The van der Waals surface area contributed by atoms with E-state index in [1.54, 1.807) is 36.9 Å². The number of methoxy groups -OCH3 is 2. The van der Waals surface area contributed by atoms with Crippen LogP contribution >= 0.6 is 11.8 Å². The number of hydrogen-bond donors (Lipinski definition) is 1. The van der Waals surface area contributed by atoms with Crippen molar-refractivity contribution >= 4 is 23.5 Å². The Labute approximate surface area is 154 Å². The summed E-state index contributed by atoms with van der Waals surface area (Å²) in [6, 6.07) is 8.06. The molecule has 1 unspecified atom stereocenters. The lowest BCUT2D eigenvalue weighted by atomic mass is 10.2. The second kappa shape index (κ2) is 7.82. The first-order chi connectivity index (χ1) is 12.5. The van der Waals surface area contributed by atoms with Gasteiger partial charge in [0.15, 0.2) is 11.5 Å². The molecule has 1 heterocycles. The first-order valence-electron chi connectivity index (χ1n) is 7.89. The van der Waals surface area contributed by atoms with Crippen molar-refractivity contribution in [3.05, 3.63) is 53.6 Å². The van der Waals surface area contributed by atoms with Crippen LogP contribution in [0.4, 0.5) is 19.3 Å². The predicted molar refractivity (Wildman–Crippen MR) is 96.8 cm³/mol. The Balaban J connectivity index is 1.80. The Kier molecular flexibility index (Phi) is 5.51. The zero-order chi connectivity index (χ0) is 18.7. The summed E-state index contributed by atoms with van der Waals surface area (Å²) in [4.78, 5) is 14.2. The number of nitrogens with zero attached hydrogens (tertiary/aromatic N) is 1. The molecule has 26 heavy (non-hydrogen) atoms. The van der Waals surface area contributed by atoms with E-state index in [0.29, 0.717) is 18.0 Å². The molecule has 0 aromatic heterocycles. The lowest BCUT2D eigenvalue weighted by Gasteiger charge is -2.25. The maximum Gasteiger partial charge on any atom is 0.323 e. The molecule has 1 saturated heterocycles. The van der Waals surface area contributed by atoms with Crippen molar-refractivity contribution in [1.82, 2.24) is 4.90 Å². The van der Waals surface area contributed by atoms with Gasteiger partial charge in [-0.2, -0.15) is 0 Å². The fraction of sp³-hybridized carbons (Fsp3) is 0.278. The third kappa shape index (κ3) is 3.70. The van der Waals surface area contributed by atoms with Gasteiger partial charge in [0.05, 0.1) is 19.9 Å². The van der Waals surface area contributed by atoms with Crippen LogP contribution < -0.4 is 14.8 Å². The van der Waals surface area contributed by atoms with Crippen LogP contribution in [0.25, 0.3) is 0 Å². The van der Waals surface area contributed by atoms with E-state index in [0.717, 1.165) is 23.4 Å². The molecule has 2 aromatic rings. The van der Waals surface area contributed by atoms with Gasteiger partial charge in [-0.3, -0.25) is 0 Å². The summed E-state index contributed by atoms with van der Waals surface area (Å²) in [5.41, 5.74) is 0.819. The summed E-state index contributed by atoms with van der Waals surface area (Å²) in [6.07, 6.45) is 0.